The normalized spacial score (nSPS) is 11.3. The molecular weight excluding hydrogens is 216 g/mol. The van der Waals surface area contributed by atoms with Crippen LogP contribution in [0.5, 0.6) is 5.75 Å². The molecule has 0 heterocycles. The number of phenols is 1. The highest BCUT2D eigenvalue weighted by atomic mass is 32.2. The highest BCUT2D eigenvalue weighted by Gasteiger charge is 1.98. The van der Waals surface area contributed by atoms with Gasteiger partial charge in [0.1, 0.15) is 5.75 Å². The summed E-state index contributed by atoms with van der Waals surface area (Å²) in [5.41, 5.74) is 0.755. The first-order chi connectivity index (χ1) is 6.97. The molecule has 5 nitrogen and oxygen atoms in total. The van der Waals surface area contributed by atoms with Crippen LogP contribution in [0.4, 0.5) is 5.69 Å². The minimum Gasteiger partial charge on any atom is -0.508 e. The molecule has 0 saturated carbocycles. The predicted octanol–water partition coefficient (Wildman–Crippen LogP) is 0.353. The Kier molecular flexibility index (Phi) is 3.93. The summed E-state index contributed by atoms with van der Waals surface area (Å²) >= 11 is 0. The maximum atomic E-state index is 10.7. The maximum Gasteiger partial charge on any atom is 0.208 e. The zero-order valence-corrected chi connectivity index (χ0v) is 9.21. The molecule has 0 radical (unpaired) electrons. The van der Waals surface area contributed by atoms with Crippen LogP contribution in [0.25, 0.3) is 0 Å². The van der Waals surface area contributed by atoms with E-state index in [0.29, 0.717) is 13.1 Å². The lowest BCUT2D eigenvalue weighted by molar-refractivity contribution is 0.475. The number of phenolic OH excluding ortho intramolecular Hbond substituents is 1. The lowest BCUT2D eigenvalue weighted by atomic mass is 10.3. The number of rotatable bonds is 5. The van der Waals surface area contributed by atoms with Gasteiger partial charge in [-0.15, -0.1) is 0 Å². The number of anilines is 1. The van der Waals surface area contributed by atoms with Crippen molar-refractivity contribution in [2.75, 3.05) is 24.7 Å². The van der Waals surface area contributed by atoms with Crippen molar-refractivity contribution >= 4 is 15.7 Å². The van der Waals surface area contributed by atoms with Gasteiger partial charge in [0.05, 0.1) is 6.26 Å². The monoisotopic (exact) mass is 230 g/mol. The Bertz CT molecular complexity index is 417. The van der Waals surface area contributed by atoms with E-state index in [9.17, 15) is 8.42 Å². The molecule has 0 spiro atoms. The first-order valence-corrected chi connectivity index (χ1v) is 6.34. The number of hydrogen-bond acceptors (Lipinski definition) is 4. The van der Waals surface area contributed by atoms with E-state index in [1.165, 1.54) is 0 Å². The fourth-order valence-electron chi connectivity index (χ4n) is 1.06. The van der Waals surface area contributed by atoms with E-state index >= 15 is 0 Å². The van der Waals surface area contributed by atoms with Crippen LogP contribution in [0.15, 0.2) is 24.3 Å². The molecule has 0 aliphatic carbocycles. The Balaban J connectivity index is 2.32. The van der Waals surface area contributed by atoms with E-state index in [1.807, 2.05) is 0 Å². The van der Waals surface area contributed by atoms with Gasteiger partial charge in [0, 0.05) is 24.8 Å². The third kappa shape index (κ3) is 5.24. The molecule has 3 N–H and O–H groups in total. The Labute approximate surface area is 89.2 Å². The molecule has 0 saturated heterocycles. The van der Waals surface area contributed by atoms with Crippen molar-refractivity contribution in [1.29, 1.82) is 0 Å². The Morgan fingerprint density at radius 1 is 1.33 bits per heavy atom. The summed E-state index contributed by atoms with van der Waals surface area (Å²) in [6, 6.07) is 6.64. The van der Waals surface area contributed by atoms with Crippen LogP contribution in [-0.2, 0) is 10.0 Å². The van der Waals surface area contributed by atoms with Gasteiger partial charge in [-0.1, -0.05) is 6.07 Å². The molecule has 1 aromatic rings. The highest BCUT2D eigenvalue weighted by Crippen LogP contribution is 2.14. The van der Waals surface area contributed by atoms with Gasteiger partial charge in [-0.25, -0.2) is 13.1 Å². The Hall–Kier alpha value is -1.27. The average molecular weight is 230 g/mol. The van der Waals surface area contributed by atoms with Crippen molar-refractivity contribution < 1.29 is 13.5 Å². The first-order valence-electron chi connectivity index (χ1n) is 4.45. The molecule has 6 heteroatoms. The van der Waals surface area contributed by atoms with Crippen molar-refractivity contribution in [3.63, 3.8) is 0 Å². The maximum absolute atomic E-state index is 10.7. The van der Waals surface area contributed by atoms with Gasteiger partial charge in [0.25, 0.3) is 0 Å². The number of hydrogen-bond donors (Lipinski definition) is 3. The molecule has 0 aliphatic rings. The molecule has 0 atom stereocenters. The minimum absolute atomic E-state index is 0.177. The zero-order chi connectivity index (χ0) is 11.3. The van der Waals surface area contributed by atoms with E-state index < -0.39 is 10.0 Å². The zero-order valence-electron chi connectivity index (χ0n) is 8.40. The van der Waals surface area contributed by atoms with Gasteiger partial charge in [0.2, 0.25) is 10.0 Å². The number of aromatic hydroxyl groups is 1. The summed E-state index contributed by atoms with van der Waals surface area (Å²) in [6.07, 6.45) is 1.11. The summed E-state index contributed by atoms with van der Waals surface area (Å²) < 4.78 is 23.8. The third-order valence-electron chi connectivity index (χ3n) is 1.66. The number of nitrogens with one attached hydrogen (secondary N) is 2. The molecule has 1 rings (SSSR count). The molecule has 0 unspecified atom stereocenters. The Morgan fingerprint density at radius 3 is 2.67 bits per heavy atom. The second-order valence-electron chi connectivity index (χ2n) is 3.14. The molecule has 84 valence electrons. The molecule has 0 bridgehead atoms. The molecule has 0 aliphatic heterocycles. The number of benzene rings is 1. The van der Waals surface area contributed by atoms with E-state index in [4.69, 9.17) is 5.11 Å². The quantitative estimate of drug-likeness (QED) is 0.638. The highest BCUT2D eigenvalue weighted by molar-refractivity contribution is 7.88. The predicted molar refractivity (Wildman–Crippen MR) is 59.4 cm³/mol. The van der Waals surface area contributed by atoms with Crippen molar-refractivity contribution in [3.8, 4) is 5.75 Å². The van der Waals surface area contributed by atoms with Crippen molar-refractivity contribution in [2.45, 2.75) is 0 Å². The van der Waals surface area contributed by atoms with Gasteiger partial charge in [-0.05, 0) is 12.1 Å². The van der Waals surface area contributed by atoms with Crippen molar-refractivity contribution in [3.05, 3.63) is 24.3 Å². The summed E-state index contributed by atoms with van der Waals surface area (Å²) in [5, 5.41) is 12.1. The third-order valence-corrected chi connectivity index (χ3v) is 2.39. The fraction of sp³-hybridized carbons (Fsp3) is 0.333. The van der Waals surface area contributed by atoms with E-state index in [0.717, 1.165) is 11.9 Å². The van der Waals surface area contributed by atoms with E-state index in [1.54, 1.807) is 24.3 Å². The topological polar surface area (TPSA) is 78.4 Å². The van der Waals surface area contributed by atoms with Crippen LogP contribution in [0.2, 0.25) is 0 Å². The van der Waals surface area contributed by atoms with Gasteiger partial charge in [0.15, 0.2) is 0 Å². The smallest absolute Gasteiger partial charge is 0.208 e. The molecule has 0 amide bonds. The largest absolute Gasteiger partial charge is 0.508 e. The van der Waals surface area contributed by atoms with Gasteiger partial charge < -0.3 is 10.4 Å². The molecule has 0 aromatic heterocycles. The van der Waals surface area contributed by atoms with Crippen LogP contribution in [0.3, 0.4) is 0 Å². The van der Waals surface area contributed by atoms with E-state index in [-0.39, 0.29) is 5.75 Å². The van der Waals surface area contributed by atoms with Crippen molar-refractivity contribution in [2.24, 2.45) is 0 Å². The summed E-state index contributed by atoms with van der Waals surface area (Å²) in [7, 11) is -3.13. The van der Waals surface area contributed by atoms with Gasteiger partial charge in [-0.2, -0.15) is 0 Å². The molecule has 0 fully saturated rings. The second kappa shape index (κ2) is 4.99. The average Bonchev–Trinajstić information content (AvgIpc) is 2.11. The minimum atomic E-state index is -3.13. The van der Waals surface area contributed by atoms with Crippen LogP contribution in [0, 0.1) is 0 Å². The lowest BCUT2D eigenvalue weighted by Crippen LogP contribution is -2.27. The fourth-order valence-corrected chi connectivity index (χ4v) is 1.53. The lowest BCUT2D eigenvalue weighted by Gasteiger charge is -2.06. The molecular formula is C9H14N2O3S. The van der Waals surface area contributed by atoms with Gasteiger partial charge >= 0.3 is 0 Å². The number of sulfonamides is 1. The standard InChI is InChI=1S/C9H14N2O3S/c1-15(13,14)11-6-5-10-8-3-2-4-9(12)7-8/h2-4,7,10-12H,5-6H2,1H3. The summed E-state index contributed by atoms with van der Waals surface area (Å²) in [6.45, 7) is 0.783. The van der Waals surface area contributed by atoms with E-state index in [2.05, 4.69) is 10.0 Å². The molecule has 1 aromatic carbocycles. The first kappa shape index (κ1) is 11.8. The van der Waals surface area contributed by atoms with Crippen LogP contribution in [0.1, 0.15) is 0 Å². The second-order valence-corrected chi connectivity index (χ2v) is 4.98. The Morgan fingerprint density at radius 2 is 2.07 bits per heavy atom. The molecule has 15 heavy (non-hydrogen) atoms. The van der Waals surface area contributed by atoms with Crippen LogP contribution < -0.4 is 10.0 Å². The van der Waals surface area contributed by atoms with Crippen LogP contribution >= 0.6 is 0 Å². The summed E-state index contributed by atoms with van der Waals surface area (Å²) in [5.74, 6) is 0.177. The van der Waals surface area contributed by atoms with Gasteiger partial charge in [-0.3, -0.25) is 0 Å². The van der Waals surface area contributed by atoms with Crippen molar-refractivity contribution in [1.82, 2.24) is 4.72 Å². The summed E-state index contributed by atoms with van der Waals surface area (Å²) in [4.78, 5) is 0. The van der Waals surface area contributed by atoms with Crippen LogP contribution in [-0.4, -0.2) is 32.9 Å². The SMILES string of the molecule is CS(=O)(=O)NCCNc1cccc(O)c1.